The minimum atomic E-state index is -3.64. The van der Waals surface area contributed by atoms with Gasteiger partial charge in [-0.2, -0.15) is 0 Å². The van der Waals surface area contributed by atoms with Crippen LogP contribution in [0.5, 0.6) is 0 Å². The Morgan fingerprint density at radius 1 is 1.43 bits per heavy atom. The molecule has 0 aliphatic carbocycles. The van der Waals surface area contributed by atoms with Gasteiger partial charge in [0.1, 0.15) is 0 Å². The van der Waals surface area contributed by atoms with Crippen LogP contribution in [0.2, 0.25) is 0 Å². The predicted molar refractivity (Wildman–Crippen MR) is 79.4 cm³/mol. The standard InChI is InChI=1S/C14H22N2O4S/c1-2-16-7-8-20-13(10-16)9-15-21(18,19)14-6-4-3-5-12(14)11-17/h3-6,13,15,17H,2,7-11H2,1H3. The Balaban J connectivity index is 2.01. The largest absolute Gasteiger partial charge is 0.392 e. The van der Waals surface area contributed by atoms with Crippen LogP contribution in [0.1, 0.15) is 12.5 Å². The van der Waals surface area contributed by atoms with E-state index >= 15 is 0 Å². The topological polar surface area (TPSA) is 78.9 Å². The molecule has 1 heterocycles. The highest BCUT2D eigenvalue weighted by Gasteiger charge is 2.23. The van der Waals surface area contributed by atoms with E-state index in [2.05, 4.69) is 16.5 Å². The maximum atomic E-state index is 12.3. The maximum Gasteiger partial charge on any atom is 0.241 e. The summed E-state index contributed by atoms with van der Waals surface area (Å²) in [5, 5.41) is 9.24. The van der Waals surface area contributed by atoms with E-state index in [1.165, 1.54) is 6.07 Å². The van der Waals surface area contributed by atoms with Gasteiger partial charge < -0.3 is 9.84 Å². The smallest absolute Gasteiger partial charge is 0.241 e. The second kappa shape index (κ2) is 7.33. The minimum absolute atomic E-state index is 0.121. The Hall–Kier alpha value is -0.990. The van der Waals surface area contributed by atoms with E-state index in [1.807, 2.05) is 0 Å². The summed E-state index contributed by atoms with van der Waals surface area (Å²) in [5.41, 5.74) is 0.393. The van der Waals surface area contributed by atoms with Crippen LogP contribution in [-0.2, 0) is 21.4 Å². The number of nitrogens with one attached hydrogen (secondary N) is 1. The fraction of sp³-hybridized carbons (Fsp3) is 0.571. The lowest BCUT2D eigenvalue weighted by Gasteiger charge is -2.32. The third-order valence-electron chi connectivity index (χ3n) is 3.60. The number of sulfonamides is 1. The Labute approximate surface area is 125 Å². The molecule has 0 saturated carbocycles. The fourth-order valence-corrected chi connectivity index (χ4v) is 3.66. The first-order valence-corrected chi connectivity index (χ1v) is 8.57. The zero-order valence-corrected chi connectivity index (χ0v) is 13.0. The fourth-order valence-electron chi connectivity index (χ4n) is 2.37. The number of morpholine rings is 1. The zero-order valence-electron chi connectivity index (χ0n) is 12.2. The molecule has 2 N–H and O–H groups in total. The van der Waals surface area contributed by atoms with E-state index in [4.69, 9.17) is 4.74 Å². The molecule has 1 aliphatic rings. The maximum absolute atomic E-state index is 12.3. The van der Waals surface area contributed by atoms with Gasteiger partial charge in [-0.3, -0.25) is 4.90 Å². The molecule has 0 radical (unpaired) electrons. The lowest BCUT2D eigenvalue weighted by molar-refractivity contribution is -0.0229. The van der Waals surface area contributed by atoms with E-state index in [-0.39, 0.29) is 24.2 Å². The van der Waals surface area contributed by atoms with Gasteiger partial charge in [0.15, 0.2) is 0 Å². The van der Waals surface area contributed by atoms with Crippen LogP contribution in [0.3, 0.4) is 0 Å². The van der Waals surface area contributed by atoms with E-state index in [0.29, 0.717) is 12.2 Å². The summed E-state index contributed by atoms with van der Waals surface area (Å²) in [6.07, 6.45) is -0.144. The van der Waals surface area contributed by atoms with E-state index in [9.17, 15) is 13.5 Å². The number of aliphatic hydroxyl groups is 1. The summed E-state index contributed by atoms with van der Waals surface area (Å²) >= 11 is 0. The number of likely N-dealkylation sites (N-methyl/N-ethyl adjacent to an activating group) is 1. The number of ether oxygens (including phenoxy) is 1. The van der Waals surface area contributed by atoms with Crippen molar-refractivity contribution in [3.05, 3.63) is 29.8 Å². The van der Waals surface area contributed by atoms with Gasteiger partial charge in [0.2, 0.25) is 10.0 Å². The van der Waals surface area contributed by atoms with Gasteiger partial charge in [-0.25, -0.2) is 13.1 Å². The van der Waals surface area contributed by atoms with Crippen molar-refractivity contribution in [3.63, 3.8) is 0 Å². The summed E-state index contributed by atoms with van der Waals surface area (Å²) in [6, 6.07) is 6.44. The summed E-state index contributed by atoms with van der Waals surface area (Å²) < 4.78 is 32.8. The molecule has 1 aromatic carbocycles. The molecule has 0 bridgehead atoms. The first kappa shape index (κ1) is 16.4. The number of rotatable bonds is 6. The van der Waals surface area contributed by atoms with Crippen molar-refractivity contribution in [2.24, 2.45) is 0 Å². The van der Waals surface area contributed by atoms with Crippen LogP contribution in [0, 0.1) is 0 Å². The second-order valence-electron chi connectivity index (χ2n) is 5.00. The Kier molecular flexibility index (Phi) is 5.72. The molecule has 1 aromatic rings. The van der Waals surface area contributed by atoms with Crippen molar-refractivity contribution in [1.82, 2.24) is 9.62 Å². The molecule has 0 spiro atoms. The molecule has 6 nitrogen and oxygen atoms in total. The van der Waals surface area contributed by atoms with E-state index in [1.54, 1.807) is 18.2 Å². The van der Waals surface area contributed by atoms with Gasteiger partial charge in [-0.15, -0.1) is 0 Å². The quantitative estimate of drug-likeness (QED) is 0.783. The molecule has 7 heteroatoms. The van der Waals surface area contributed by atoms with Crippen LogP contribution in [0.4, 0.5) is 0 Å². The molecule has 118 valence electrons. The van der Waals surface area contributed by atoms with Gasteiger partial charge in [-0.05, 0) is 18.2 Å². The molecule has 1 fully saturated rings. The van der Waals surface area contributed by atoms with Crippen molar-refractivity contribution in [2.75, 3.05) is 32.8 Å². The van der Waals surface area contributed by atoms with Crippen LogP contribution >= 0.6 is 0 Å². The van der Waals surface area contributed by atoms with E-state index < -0.39 is 10.0 Å². The Bertz CT molecular complexity index is 562. The number of nitrogens with zero attached hydrogens (tertiary/aromatic N) is 1. The lowest BCUT2D eigenvalue weighted by atomic mass is 10.2. The average Bonchev–Trinajstić information content (AvgIpc) is 2.53. The third-order valence-corrected chi connectivity index (χ3v) is 5.13. The van der Waals surface area contributed by atoms with Crippen molar-refractivity contribution in [2.45, 2.75) is 24.5 Å². The van der Waals surface area contributed by atoms with Crippen LogP contribution < -0.4 is 4.72 Å². The van der Waals surface area contributed by atoms with Crippen LogP contribution in [-0.4, -0.2) is 57.3 Å². The monoisotopic (exact) mass is 314 g/mol. The molecule has 0 aromatic heterocycles. The Morgan fingerprint density at radius 2 is 2.19 bits per heavy atom. The molecule has 1 unspecified atom stereocenters. The molecular formula is C14H22N2O4S. The van der Waals surface area contributed by atoms with Gasteiger partial charge in [-0.1, -0.05) is 25.1 Å². The molecule has 1 saturated heterocycles. The Morgan fingerprint density at radius 3 is 2.90 bits per heavy atom. The summed E-state index contributed by atoms with van der Waals surface area (Å²) in [5.74, 6) is 0. The number of hydrogen-bond acceptors (Lipinski definition) is 5. The number of hydrogen-bond donors (Lipinski definition) is 2. The first-order chi connectivity index (χ1) is 10.1. The van der Waals surface area contributed by atoms with Gasteiger partial charge in [0.05, 0.1) is 24.2 Å². The normalized spacial score (nSPS) is 20.6. The molecule has 21 heavy (non-hydrogen) atoms. The van der Waals surface area contributed by atoms with Gasteiger partial charge in [0, 0.05) is 19.6 Å². The van der Waals surface area contributed by atoms with Crippen LogP contribution in [0.25, 0.3) is 0 Å². The summed E-state index contributed by atoms with van der Waals surface area (Å²) in [7, 11) is -3.64. The zero-order chi connectivity index (χ0) is 15.3. The number of benzene rings is 1. The SMILES string of the molecule is CCN1CCOC(CNS(=O)(=O)c2ccccc2CO)C1. The highest BCUT2D eigenvalue weighted by Crippen LogP contribution is 2.15. The molecule has 1 atom stereocenters. The average molecular weight is 314 g/mol. The first-order valence-electron chi connectivity index (χ1n) is 7.09. The second-order valence-corrected chi connectivity index (χ2v) is 6.74. The molecule has 0 amide bonds. The van der Waals surface area contributed by atoms with Crippen molar-refractivity contribution in [3.8, 4) is 0 Å². The number of aliphatic hydroxyl groups excluding tert-OH is 1. The van der Waals surface area contributed by atoms with Crippen molar-refractivity contribution >= 4 is 10.0 Å². The van der Waals surface area contributed by atoms with Crippen molar-refractivity contribution in [1.29, 1.82) is 0 Å². The van der Waals surface area contributed by atoms with Gasteiger partial charge in [0.25, 0.3) is 0 Å². The summed E-state index contributed by atoms with van der Waals surface area (Å²) in [6.45, 7) is 5.16. The lowest BCUT2D eigenvalue weighted by Crippen LogP contribution is -2.47. The van der Waals surface area contributed by atoms with Crippen molar-refractivity contribution < 1.29 is 18.3 Å². The van der Waals surface area contributed by atoms with Crippen LogP contribution in [0.15, 0.2) is 29.2 Å². The predicted octanol–water partition coefficient (Wildman–Crippen LogP) is 0.178. The molecule has 1 aliphatic heterocycles. The van der Waals surface area contributed by atoms with Gasteiger partial charge >= 0.3 is 0 Å². The molecular weight excluding hydrogens is 292 g/mol. The highest BCUT2D eigenvalue weighted by molar-refractivity contribution is 7.89. The van der Waals surface area contributed by atoms with E-state index in [0.717, 1.165) is 19.6 Å². The highest BCUT2D eigenvalue weighted by atomic mass is 32.2. The summed E-state index contributed by atoms with van der Waals surface area (Å²) in [4.78, 5) is 2.35. The molecule has 2 rings (SSSR count). The minimum Gasteiger partial charge on any atom is -0.392 e. The third kappa shape index (κ3) is 4.24.